The topological polar surface area (TPSA) is 109 Å². The van der Waals surface area contributed by atoms with Crippen LogP contribution in [0.1, 0.15) is 16.2 Å². The number of hydrogen-bond donors (Lipinski definition) is 2. The van der Waals surface area contributed by atoms with E-state index in [1.54, 1.807) is 30.2 Å². The maximum atomic E-state index is 11.9. The lowest BCUT2D eigenvalue weighted by Gasteiger charge is -1.99. The number of thiazole rings is 1. The third-order valence-corrected chi connectivity index (χ3v) is 3.28. The van der Waals surface area contributed by atoms with Crippen molar-refractivity contribution in [3.63, 3.8) is 0 Å². The second-order valence-corrected chi connectivity index (χ2v) is 4.63. The summed E-state index contributed by atoms with van der Waals surface area (Å²) in [6.45, 7) is 0.299. The van der Waals surface area contributed by atoms with E-state index in [9.17, 15) is 4.79 Å². The molecule has 0 aliphatic carbocycles. The van der Waals surface area contributed by atoms with Crippen LogP contribution in [0.15, 0.2) is 30.2 Å². The molecule has 100 valence electrons. The minimum atomic E-state index is -0.264. The molecule has 8 nitrogen and oxygen atoms in total. The predicted molar refractivity (Wildman–Crippen MR) is 70.7 cm³/mol. The van der Waals surface area contributed by atoms with Crippen molar-refractivity contribution in [2.75, 3.05) is 0 Å². The van der Waals surface area contributed by atoms with Gasteiger partial charge in [0.15, 0.2) is 0 Å². The van der Waals surface area contributed by atoms with Gasteiger partial charge >= 0.3 is 0 Å². The van der Waals surface area contributed by atoms with Crippen molar-refractivity contribution in [3.05, 3.63) is 41.6 Å². The Balaban J connectivity index is 1.69. The maximum absolute atomic E-state index is 11.9. The quantitative estimate of drug-likeness (QED) is 0.729. The fourth-order valence-electron chi connectivity index (χ4n) is 1.48. The lowest BCUT2D eigenvalue weighted by Crippen LogP contribution is -2.23. The summed E-state index contributed by atoms with van der Waals surface area (Å²) >= 11 is 1.35. The van der Waals surface area contributed by atoms with E-state index in [-0.39, 0.29) is 5.91 Å². The van der Waals surface area contributed by atoms with Gasteiger partial charge in [0.25, 0.3) is 5.91 Å². The van der Waals surface area contributed by atoms with E-state index >= 15 is 0 Å². The molecule has 0 fully saturated rings. The van der Waals surface area contributed by atoms with Gasteiger partial charge in [0.05, 0.1) is 18.9 Å². The van der Waals surface area contributed by atoms with Crippen LogP contribution >= 0.6 is 11.3 Å². The number of carbonyl (C=O) groups is 1. The number of aromatic amines is 1. The molecular formula is C11H9N7OS. The average Bonchev–Trinajstić information content (AvgIpc) is 3.17. The minimum Gasteiger partial charge on any atom is -0.345 e. The SMILES string of the molecule is O=C(NCc1cn[nH]n1)c1csc(-c2cnccn2)n1. The highest BCUT2D eigenvalue weighted by Crippen LogP contribution is 2.20. The highest BCUT2D eigenvalue weighted by atomic mass is 32.1. The Morgan fingerprint density at radius 1 is 1.35 bits per heavy atom. The smallest absolute Gasteiger partial charge is 0.271 e. The van der Waals surface area contributed by atoms with Crippen LogP contribution in [0, 0.1) is 0 Å². The first kappa shape index (κ1) is 12.4. The van der Waals surface area contributed by atoms with Crippen LogP contribution in [0.25, 0.3) is 10.7 Å². The minimum absolute atomic E-state index is 0.264. The summed E-state index contributed by atoms with van der Waals surface area (Å²) in [7, 11) is 0. The van der Waals surface area contributed by atoms with E-state index in [0.717, 1.165) is 0 Å². The Morgan fingerprint density at radius 2 is 2.30 bits per heavy atom. The third-order valence-electron chi connectivity index (χ3n) is 2.41. The van der Waals surface area contributed by atoms with E-state index in [0.29, 0.717) is 28.6 Å². The standard InChI is InChI=1S/C11H9N7OS/c19-10(14-3-7-4-15-18-17-7)9-6-20-11(16-9)8-5-12-1-2-13-8/h1-2,4-6H,3H2,(H,14,19)(H,15,17,18). The number of amides is 1. The molecule has 0 saturated carbocycles. The summed E-state index contributed by atoms with van der Waals surface area (Å²) in [4.78, 5) is 24.3. The first-order valence-corrected chi connectivity index (χ1v) is 6.55. The van der Waals surface area contributed by atoms with E-state index in [2.05, 4.69) is 35.7 Å². The number of rotatable bonds is 4. The normalized spacial score (nSPS) is 10.4. The number of hydrogen-bond acceptors (Lipinski definition) is 7. The monoisotopic (exact) mass is 287 g/mol. The maximum Gasteiger partial charge on any atom is 0.271 e. The van der Waals surface area contributed by atoms with E-state index in [4.69, 9.17) is 0 Å². The van der Waals surface area contributed by atoms with Gasteiger partial charge in [0, 0.05) is 17.8 Å². The van der Waals surface area contributed by atoms with Crippen molar-refractivity contribution in [1.29, 1.82) is 0 Å². The van der Waals surface area contributed by atoms with Crippen LogP contribution in [-0.4, -0.2) is 36.3 Å². The molecule has 0 unspecified atom stereocenters. The van der Waals surface area contributed by atoms with Gasteiger partial charge in [0.1, 0.15) is 22.1 Å². The molecule has 0 spiro atoms. The van der Waals surface area contributed by atoms with E-state index in [1.807, 2.05) is 0 Å². The summed E-state index contributed by atoms with van der Waals surface area (Å²) in [6, 6.07) is 0. The first-order chi connectivity index (χ1) is 9.83. The molecule has 9 heteroatoms. The van der Waals surface area contributed by atoms with Crippen LogP contribution in [0.4, 0.5) is 0 Å². The van der Waals surface area contributed by atoms with Crippen molar-refractivity contribution < 1.29 is 4.79 Å². The zero-order valence-corrected chi connectivity index (χ0v) is 11.0. The van der Waals surface area contributed by atoms with Gasteiger partial charge in [-0.05, 0) is 0 Å². The summed E-state index contributed by atoms with van der Waals surface area (Å²) in [5, 5.41) is 15.0. The number of aromatic nitrogens is 6. The molecule has 3 aromatic rings. The molecule has 0 bridgehead atoms. The Bertz CT molecular complexity index is 695. The molecule has 3 heterocycles. The van der Waals surface area contributed by atoms with Crippen LogP contribution < -0.4 is 5.32 Å². The van der Waals surface area contributed by atoms with Gasteiger partial charge in [0.2, 0.25) is 0 Å². The molecule has 0 radical (unpaired) electrons. The molecule has 20 heavy (non-hydrogen) atoms. The fourth-order valence-corrected chi connectivity index (χ4v) is 2.24. The molecule has 0 saturated heterocycles. The molecule has 2 N–H and O–H groups in total. The van der Waals surface area contributed by atoms with Gasteiger partial charge in [-0.15, -0.1) is 11.3 Å². The van der Waals surface area contributed by atoms with Gasteiger partial charge in [-0.1, -0.05) is 0 Å². The second kappa shape index (κ2) is 5.53. The van der Waals surface area contributed by atoms with Crippen LogP contribution in [0.5, 0.6) is 0 Å². The molecule has 1 amide bonds. The number of carbonyl (C=O) groups excluding carboxylic acids is 1. The van der Waals surface area contributed by atoms with Crippen molar-refractivity contribution in [3.8, 4) is 10.7 Å². The summed E-state index contributed by atoms with van der Waals surface area (Å²) < 4.78 is 0. The highest BCUT2D eigenvalue weighted by Gasteiger charge is 2.12. The largest absolute Gasteiger partial charge is 0.345 e. The van der Waals surface area contributed by atoms with Crippen molar-refractivity contribution in [1.82, 2.24) is 35.7 Å². The average molecular weight is 287 g/mol. The second-order valence-electron chi connectivity index (χ2n) is 3.77. The van der Waals surface area contributed by atoms with Gasteiger partial charge in [-0.25, -0.2) is 4.98 Å². The van der Waals surface area contributed by atoms with E-state index < -0.39 is 0 Å². The Hall–Kier alpha value is -2.68. The van der Waals surface area contributed by atoms with Crippen LogP contribution in [-0.2, 0) is 6.54 Å². The highest BCUT2D eigenvalue weighted by molar-refractivity contribution is 7.13. The van der Waals surface area contributed by atoms with Gasteiger partial charge < -0.3 is 5.32 Å². The molecule has 3 aromatic heterocycles. The Morgan fingerprint density at radius 3 is 3.05 bits per heavy atom. The lowest BCUT2D eigenvalue weighted by atomic mass is 10.4. The molecule has 3 rings (SSSR count). The van der Waals surface area contributed by atoms with Crippen molar-refractivity contribution in [2.24, 2.45) is 0 Å². The zero-order valence-electron chi connectivity index (χ0n) is 10.1. The number of H-pyrrole nitrogens is 1. The van der Waals surface area contributed by atoms with Crippen LogP contribution in [0.2, 0.25) is 0 Å². The predicted octanol–water partition coefficient (Wildman–Crippen LogP) is 0.648. The summed E-state index contributed by atoms with van der Waals surface area (Å²) in [5.74, 6) is -0.264. The Kier molecular flexibility index (Phi) is 3.42. The molecular weight excluding hydrogens is 278 g/mol. The summed E-state index contributed by atoms with van der Waals surface area (Å²) in [6.07, 6.45) is 6.33. The van der Waals surface area contributed by atoms with Gasteiger partial charge in [-0.3, -0.25) is 14.8 Å². The van der Waals surface area contributed by atoms with Crippen molar-refractivity contribution in [2.45, 2.75) is 6.54 Å². The van der Waals surface area contributed by atoms with Crippen molar-refractivity contribution >= 4 is 17.2 Å². The third kappa shape index (κ3) is 2.67. The summed E-state index contributed by atoms with van der Waals surface area (Å²) in [5.41, 5.74) is 1.65. The molecule has 0 aliphatic rings. The molecule has 0 aromatic carbocycles. The number of nitrogens with one attached hydrogen (secondary N) is 2. The molecule has 0 aliphatic heterocycles. The Labute approximate surface area is 117 Å². The zero-order chi connectivity index (χ0) is 13.8. The lowest BCUT2D eigenvalue weighted by molar-refractivity contribution is 0.0946. The van der Waals surface area contributed by atoms with Crippen LogP contribution in [0.3, 0.4) is 0 Å². The van der Waals surface area contributed by atoms with Gasteiger partial charge in [-0.2, -0.15) is 15.4 Å². The molecule has 0 atom stereocenters. The fraction of sp³-hybridized carbons (Fsp3) is 0.0909. The first-order valence-electron chi connectivity index (χ1n) is 5.67. The van der Waals surface area contributed by atoms with E-state index in [1.165, 1.54) is 11.3 Å². The number of nitrogens with zero attached hydrogens (tertiary/aromatic N) is 5.